The predicted molar refractivity (Wildman–Crippen MR) is 67.9 cm³/mol. The van der Waals surface area contributed by atoms with Gasteiger partial charge in [0.15, 0.2) is 11.6 Å². The lowest BCUT2D eigenvalue weighted by Crippen LogP contribution is -2.29. The Morgan fingerprint density at radius 2 is 1.79 bits per heavy atom. The summed E-state index contributed by atoms with van der Waals surface area (Å²) in [6.45, 7) is 1.45. The first-order valence-electron chi connectivity index (χ1n) is 5.85. The molecular weight excluding hydrogens is 250 g/mol. The van der Waals surface area contributed by atoms with Crippen LogP contribution in [-0.2, 0) is 5.60 Å². The molecule has 0 saturated heterocycles. The fourth-order valence-electron chi connectivity index (χ4n) is 1.69. The van der Waals surface area contributed by atoms with Gasteiger partial charge in [0, 0.05) is 6.07 Å². The molecule has 2 aromatic rings. The van der Waals surface area contributed by atoms with Crippen LogP contribution in [0.5, 0.6) is 5.75 Å². The van der Waals surface area contributed by atoms with E-state index < -0.39 is 17.2 Å². The largest absolute Gasteiger partial charge is 0.487 e. The Kier molecular flexibility index (Phi) is 3.81. The van der Waals surface area contributed by atoms with E-state index in [1.165, 1.54) is 6.07 Å². The molecule has 0 saturated carbocycles. The summed E-state index contributed by atoms with van der Waals surface area (Å²) in [5.74, 6) is -1.54. The molecule has 0 amide bonds. The van der Waals surface area contributed by atoms with Crippen molar-refractivity contribution in [2.45, 2.75) is 12.5 Å². The molecule has 0 radical (unpaired) electrons. The molecule has 0 aliphatic rings. The van der Waals surface area contributed by atoms with Gasteiger partial charge >= 0.3 is 0 Å². The molecule has 19 heavy (non-hydrogen) atoms. The first kappa shape index (κ1) is 13.5. The number of hydrogen-bond acceptors (Lipinski definition) is 2. The fourth-order valence-corrected chi connectivity index (χ4v) is 1.69. The van der Waals surface area contributed by atoms with Gasteiger partial charge in [0.1, 0.15) is 18.0 Å². The molecule has 0 fully saturated rings. The van der Waals surface area contributed by atoms with Crippen LogP contribution in [0.3, 0.4) is 0 Å². The Morgan fingerprint density at radius 1 is 1.11 bits per heavy atom. The SMILES string of the molecule is CC(O)(COc1ccc(F)cc1F)c1ccccc1. The van der Waals surface area contributed by atoms with Crippen molar-refractivity contribution < 1.29 is 18.6 Å². The first-order valence-corrected chi connectivity index (χ1v) is 5.85. The molecule has 1 N–H and O–H groups in total. The van der Waals surface area contributed by atoms with E-state index in [1.807, 2.05) is 6.07 Å². The van der Waals surface area contributed by atoms with E-state index in [2.05, 4.69) is 0 Å². The summed E-state index contributed by atoms with van der Waals surface area (Å²) in [7, 11) is 0. The molecule has 0 aliphatic heterocycles. The van der Waals surface area contributed by atoms with Gasteiger partial charge in [-0.25, -0.2) is 8.78 Å². The van der Waals surface area contributed by atoms with E-state index in [9.17, 15) is 13.9 Å². The highest BCUT2D eigenvalue weighted by molar-refractivity contribution is 5.26. The topological polar surface area (TPSA) is 29.5 Å². The number of halogens is 2. The van der Waals surface area contributed by atoms with Crippen molar-refractivity contribution in [2.24, 2.45) is 0 Å². The van der Waals surface area contributed by atoms with Gasteiger partial charge in [-0.15, -0.1) is 0 Å². The van der Waals surface area contributed by atoms with Gasteiger partial charge in [-0.3, -0.25) is 0 Å². The Bertz CT molecular complexity index is 553. The summed E-state index contributed by atoms with van der Waals surface area (Å²) >= 11 is 0. The Balaban J connectivity index is 2.09. The highest BCUT2D eigenvalue weighted by atomic mass is 19.1. The predicted octanol–water partition coefficient (Wildman–Crippen LogP) is 3.25. The van der Waals surface area contributed by atoms with Crippen LogP contribution in [0.15, 0.2) is 48.5 Å². The number of hydrogen-bond donors (Lipinski definition) is 1. The lowest BCUT2D eigenvalue weighted by atomic mass is 9.97. The second-order valence-electron chi connectivity index (χ2n) is 4.50. The van der Waals surface area contributed by atoms with Crippen molar-refractivity contribution in [2.75, 3.05) is 6.61 Å². The molecule has 0 spiro atoms. The lowest BCUT2D eigenvalue weighted by Gasteiger charge is -2.24. The Morgan fingerprint density at radius 3 is 2.42 bits per heavy atom. The Labute approximate surface area is 110 Å². The third-order valence-electron chi connectivity index (χ3n) is 2.80. The van der Waals surface area contributed by atoms with Crippen molar-refractivity contribution in [3.8, 4) is 5.75 Å². The minimum Gasteiger partial charge on any atom is -0.487 e. The van der Waals surface area contributed by atoms with Gasteiger partial charge in [-0.1, -0.05) is 30.3 Å². The summed E-state index contributed by atoms with van der Waals surface area (Å²) in [5, 5.41) is 10.3. The molecule has 2 nitrogen and oxygen atoms in total. The molecule has 2 aromatic carbocycles. The number of benzene rings is 2. The highest BCUT2D eigenvalue weighted by Gasteiger charge is 2.24. The standard InChI is InChI=1S/C15H14F2O2/c1-15(18,11-5-3-2-4-6-11)10-19-14-8-7-12(16)9-13(14)17/h2-9,18H,10H2,1H3. The van der Waals surface area contributed by atoms with Crippen molar-refractivity contribution in [1.29, 1.82) is 0 Å². The van der Waals surface area contributed by atoms with Crippen LogP contribution in [0.25, 0.3) is 0 Å². The zero-order valence-corrected chi connectivity index (χ0v) is 10.4. The summed E-state index contributed by atoms with van der Waals surface area (Å²) < 4.78 is 31.3. The van der Waals surface area contributed by atoms with Crippen molar-refractivity contribution in [1.82, 2.24) is 0 Å². The van der Waals surface area contributed by atoms with E-state index in [0.717, 1.165) is 12.1 Å². The normalized spacial score (nSPS) is 13.9. The second kappa shape index (κ2) is 5.36. The van der Waals surface area contributed by atoms with Crippen LogP contribution < -0.4 is 4.74 Å². The molecule has 100 valence electrons. The minimum atomic E-state index is -1.25. The first-order chi connectivity index (χ1) is 8.99. The maximum atomic E-state index is 13.4. The summed E-state index contributed by atoms with van der Waals surface area (Å²) in [4.78, 5) is 0. The van der Waals surface area contributed by atoms with Gasteiger partial charge in [0.2, 0.25) is 0 Å². The van der Waals surface area contributed by atoms with Gasteiger partial charge < -0.3 is 9.84 Å². The zero-order chi connectivity index (χ0) is 13.9. The molecule has 0 bridgehead atoms. The Hall–Kier alpha value is -1.94. The molecule has 4 heteroatoms. The maximum absolute atomic E-state index is 13.4. The van der Waals surface area contributed by atoms with Crippen molar-refractivity contribution in [3.63, 3.8) is 0 Å². The second-order valence-corrected chi connectivity index (χ2v) is 4.50. The monoisotopic (exact) mass is 264 g/mol. The molecule has 2 rings (SSSR count). The van der Waals surface area contributed by atoms with Crippen LogP contribution in [0.1, 0.15) is 12.5 Å². The smallest absolute Gasteiger partial charge is 0.167 e. The van der Waals surface area contributed by atoms with Crippen molar-refractivity contribution in [3.05, 3.63) is 65.7 Å². The quantitative estimate of drug-likeness (QED) is 0.918. The number of aliphatic hydroxyl groups is 1. The third kappa shape index (κ3) is 3.29. The van der Waals surface area contributed by atoms with Gasteiger partial charge in [-0.05, 0) is 24.6 Å². The lowest BCUT2D eigenvalue weighted by molar-refractivity contribution is 0.00640. The molecule has 1 unspecified atom stereocenters. The molecule has 1 atom stereocenters. The number of rotatable bonds is 4. The summed E-state index contributed by atoms with van der Waals surface area (Å²) in [5.41, 5.74) is -0.584. The van der Waals surface area contributed by atoms with Crippen LogP contribution >= 0.6 is 0 Å². The molecular formula is C15H14F2O2. The van der Waals surface area contributed by atoms with E-state index >= 15 is 0 Å². The van der Waals surface area contributed by atoms with E-state index in [-0.39, 0.29) is 12.4 Å². The highest BCUT2D eigenvalue weighted by Crippen LogP contribution is 2.24. The van der Waals surface area contributed by atoms with Gasteiger partial charge in [0.05, 0.1) is 0 Å². The van der Waals surface area contributed by atoms with Crippen LogP contribution in [0, 0.1) is 11.6 Å². The summed E-state index contributed by atoms with van der Waals surface area (Å²) in [6.07, 6.45) is 0. The van der Waals surface area contributed by atoms with Crippen LogP contribution in [0.2, 0.25) is 0 Å². The fraction of sp³-hybridized carbons (Fsp3) is 0.200. The average Bonchev–Trinajstić information content (AvgIpc) is 2.39. The van der Waals surface area contributed by atoms with E-state index in [0.29, 0.717) is 5.56 Å². The number of ether oxygens (including phenoxy) is 1. The van der Waals surface area contributed by atoms with Gasteiger partial charge in [0.25, 0.3) is 0 Å². The molecule has 0 aromatic heterocycles. The third-order valence-corrected chi connectivity index (χ3v) is 2.80. The van der Waals surface area contributed by atoms with E-state index in [1.54, 1.807) is 31.2 Å². The molecule has 0 aliphatic carbocycles. The van der Waals surface area contributed by atoms with E-state index in [4.69, 9.17) is 4.74 Å². The van der Waals surface area contributed by atoms with Crippen molar-refractivity contribution >= 4 is 0 Å². The average molecular weight is 264 g/mol. The maximum Gasteiger partial charge on any atom is 0.167 e. The molecule has 0 heterocycles. The summed E-state index contributed by atoms with van der Waals surface area (Å²) in [6, 6.07) is 12.0. The van der Waals surface area contributed by atoms with Crippen LogP contribution in [-0.4, -0.2) is 11.7 Å². The van der Waals surface area contributed by atoms with Gasteiger partial charge in [-0.2, -0.15) is 0 Å². The minimum absolute atomic E-state index is 0.0855. The zero-order valence-electron chi connectivity index (χ0n) is 10.4. The van der Waals surface area contributed by atoms with Crippen LogP contribution in [0.4, 0.5) is 8.78 Å².